The number of hydrogen-bond acceptors (Lipinski definition) is 3. The van der Waals surface area contributed by atoms with E-state index in [1.165, 1.54) is 19.3 Å². The van der Waals surface area contributed by atoms with Crippen molar-refractivity contribution < 1.29 is 9.90 Å². The van der Waals surface area contributed by atoms with Crippen molar-refractivity contribution in [1.29, 1.82) is 0 Å². The molecular weight excluding hydrogens is 228 g/mol. The molecule has 1 saturated heterocycles. The summed E-state index contributed by atoms with van der Waals surface area (Å²) >= 11 is 0. The second-order valence-corrected chi connectivity index (χ2v) is 5.39. The first-order valence-corrected chi connectivity index (χ1v) is 7.35. The van der Waals surface area contributed by atoms with Crippen LogP contribution in [0.1, 0.15) is 52.4 Å². The number of carboxylic acid groups (broad SMARTS) is 1. The Bertz CT molecular complexity index is 240. The molecule has 1 fully saturated rings. The molecule has 0 aromatic rings. The van der Waals surface area contributed by atoms with Crippen molar-refractivity contribution in [1.82, 2.24) is 10.2 Å². The minimum absolute atomic E-state index is 0.378. The van der Waals surface area contributed by atoms with Crippen molar-refractivity contribution in [2.45, 2.75) is 64.5 Å². The number of likely N-dealkylation sites (tertiary alicyclic amines) is 1. The lowest BCUT2D eigenvalue weighted by atomic mass is 10.1. The van der Waals surface area contributed by atoms with Crippen molar-refractivity contribution in [3.05, 3.63) is 0 Å². The number of piperidine rings is 1. The summed E-state index contributed by atoms with van der Waals surface area (Å²) in [4.78, 5) is 13.6. The van der Waals surface area contributed by atoms with Crippen LogP contribution in [0.25, 0.3) is 0 Å². The lowest BCUT2D eigenvalue weighted by Crippen LogP contribution is -2.47. The van der Waals surface area contributed by atoms with E-state index in [2.05, 4.69) is 24.1 Å². The quantitative estimate of drug-likeness (QED) is 0.698. The van der Waals surface area contributed by atoms with Crippen LogP contribution in [0.4, 0.5) is 0 Å². The van der Waals surface area contributed by atoms with Crippen LogP contribution in [0.2, 0.25) is 0 Å². The molecule has 4 nitrogen and oxygen atoms in total. The average Bonchev–Trinajstić information content (AvgIpc) is 2.39. The number of rotatable bonds is 8. The third-order valence-corrected chi connectivity index (χ3v) is 3.82. The predicted octanol–water partition coefficient (Wildman–Crippen LogP) is 2.09. The van der Waals surface area contributed by atoms with Crippen LogP contribution in [-0.4, -0.2) is 47.7 Å². The Morgan fingerprint density at radius 2 is 2.00 bits per heavy atom. The fourth-order valence-electron chi connectivity index (χ4n) is 2.52. The number of hydrogen-bond donors (Lipinski definition) is 2. The number of aliphatic carboxylic acids is 1. The van der Waals surface area contributed by atoms with Crippen LogP contribution in [0.15, 0.2) is 0 Å². The Morgan fingerprint density at radius 1 is 1.33 bits per heavy atom. The Morgan fingerprint density at radius 3 is 2.56 bits per heavy atom. The highest BCUT2D eigenvalue weighted by atomic mass is 16.4. The third kappa shape index (κ3) is 5.36. The molecule has 18 heavy (non-hydrogen) atoms. The van der Waals surface area contributed by atoms with E-state index < -0.39 is 5.97 Å². The van der Waals surface area contributed by atoms with E-state index in [4.69, 9.17) is 5.11 Å². The number of nitrogens with zero attached hydrogens (tertiary/aromatic N) is 1. The molecule has 1 aliphatic rings. The fourth-order valence-corrected chi connectivity index (χ4v) is 2.52. The molecule has 4 heteroatoms. The molecule has 0 aromatic heterocycles. The van der Waals surface area contributed by atoms with Gasteiger partial charge in [-0.3, -0.25) is 9.69 Å². The van der Waals surface area contributed by atoms with Crippen LogP contribution in [-0.2, 0) is 4.79 Å². The van der Waals surface area contributed by atoms with Gasteiger partial charge in [-0.15, -0.1) is 0 Å². The highest BCUT2D eigenvalue weighted by Gasteiger charge is 2.20. The van der Waals surface area contributed by atoms with E-state index in [9.17, 15) is 4.79 Å². The summed E-state index contributed by atoms with van der Waals surface area (Å²) in [6.07, 6.45) is 6.66. The van der Waals surface area contributed by atoms with Crippen LogP contribution < -0.4 is 5.32 Å². The van der Waals surface area contributed by atoms with Gasteiger partial charge in [-0.25, -0.2) is 0 Å². The molecular formula is C14H28N2O2. The van der Waals surface area contributed by atoms with E-state index in [0.717, 1.165) is 38.9 Å². The number of carboxylic acids is 1. The minimum atomic E-state index is -0.714. The summed E-state index contributed by atoms with van der Waals surface area (Å²) in [5.74, 6) is -0.714. The van der Waals surface area contributed by atoms with Crippen LogP contribution in [0.5, 0.6) is 0 Å². The van der Waals surface area contributed by atoms with Gasteiger partial charge < -0.3 is 10.4 Å². The van der Waals surface area contributed by atoms with Gasteiger partial charge in [0.15, 0.2) is 0 Å². The zero-order chi connectivity index (χ0) is 13.4. The molecule has 106 valence electrons. The van der Waals surface area contributed by atoms with Crippen molar-refractivity contribution in [3.8, 4) is 0 Å². The van der Waals surface area contributed by atoms with Gasteiger partial charge >= 0.3 is 5.97 Å². The van der Waals surface area contributed by atoms with E-state index in [0.29, 0.717) is 6.04 Å². The average molecular weight is 256 g/mol. The van der Waals surface area contributed by atoms with Gasteiger partial charge in [0.05, 0.1) is 0 Å². The summed E-state index contributed by atoms with van der Waals surface area (Å²) in [6.45, 7) is 7.39. The molecule has 0 aromatic carbocycles. The molecule has 2 N–H and O–H groups in total. The normalized spacial score (nSPS) is 20.6. The second-order valence-electron chi connectivity index (χ2n) is 5.39. The molecule has 0 saturated carbocycles. The first kappa shape index (κ1) is 15.4. The Balaban J connectivity index is 2.28. The molecule has 0 radical (unpaired) electrons. The van der Waals surface area contributed by atoms with Gasteiger partial charge in [0.2, 0.25) is 0 Å². The Hall–Kier alpha value is -0.610. The standard InChI is InChI=1S/C14H28N2O2/c1-3-4-8-13(14(17)18)15-11-12(2)16-9-6-5-7-10-16/h12-13,15H,3-11H2,1-2H3,(H,17,18). The van der Waals surface area contributed by atoms with Crippen molar-refractivity contribution in [2.24, 2.45) is 0 Å². The summed E-state index contributed by atoms with van der Waals surface area (Å²) in [6, 6.07) is 0.0611. The maximum atomic E-state index is 11.1. The Kier molecular flexibility index (Phi) is 7.28. The van der Waals surface area contributed by atoms with Gasteiger partial charge in [0, 0.05) is 12.6 Å². The monoisotopic (exact) mass is 256 g/mol. The SMILES string of the molecule is CCCCC(NCC(C)N1CCCCC1)C(=O)O. The van der Waals surface area contributed by atoms with Gasteiger partial charge in [-0.1, -0.05) is 26.2 Å². The van der Waals surface area contributed by atoms with Gasteiger partial charge in [-0.2, -0.15) is 0 Å². The van der Waals surface area contributed by atoms with Gasteiger partial charge in [0.1, 0.15) is 6.04 Å². The summed E-state index contributed by atoms with van der Waals surface area (Å²) in [5, 5.41) is 12.4. The number of nitrogens with one attached hydrogen (secondary N) is 1. The van der Waals surface area contributed by atoms with Crippen LogP contribution >= 0.6 is 0 Å². The highest BCUT2D eigenvalue weighted by Crippen LogP contribution is 2.11. The van der Waals surface area contributed by atoms with E-state index in [-0.39, 0.29) is 6.04 Å². The molecule has 1 heterocycles. The molecule has 0 aliphatic carbocycles. The molecule has 0 bridgehead atoms. The molecule has 1 aliphatic heterocycles. The predicted molar refractivity (Wildman–Crippen MR) is 73.8 cm³/mol. The first-order chi connectivity index (χ1) is 8.65. The Labute approximate surface area is 111 Å². The molecule has 0 amide bonds. The molecule has 2 unspecified atom stereocenters. The summed E-state index contributed by atoms with van der Waals surface area (Å²) in [7, 11) is 0. The molecule has 1 rings (SSSR count). The maximum Gasteiger partial charge on any atom is 0.320 e. The van der Waals surface area contributed by atoms with Gasteiger partial charge in [0.25, 0.3) is 0 Å². The highest BCUT2D eigenvalue weighted by molar-refractivity contribution is 5.73. The molecule has 2 atom stereocenters. The smallest absolute Gasteiger partial charge is 0.320 e. The fraction of sp³-hybridized carbons (Fsp3) is 0.929. The zero-order valence-corrected chi connectivity index (χ0v) is 11.8. The van der Waals surface area contributed by atoms with E-state index in [1.807, 2.05) is 0 Å². The van der Waals surface area contributed by atoms with Gasteiger partial charge in [-0.05, 0) is 39.3 Å². The van der Waals surface area contributed by atoms with Crippen LogP contribution in [0, 0.1) is 0 Å². The minimum Gasteiger partial charge on any atom is -0.480 e. The lowest BCUT2D eigenvalue weighted by molar-refractivity contribution is -0.139. The number of carbonyl (C=O) groups is 1. The summed E-state index contributed by atoms with van der Waals surface area (Å²) < 4.78 is 0. The number of unbranched alkanes of at least 4 members (excludes halogenated alkanes) is 1. The largest absolute Gasteiger partial charge is 0.480 e. The maximum absolute atomic E-state index is 11.1. The van der Waals surface area contributed by atoms with Crippen molar-refractivity contribution in [3.63, 3.8) is 0 Å². The van der Waals surface area contributed by atoms with E-state index in [1.54, 1.807) is 0 Å². The zero-order valence-electron chi connectivity index (χ0n) is 11.8. The summed E-state index contributed by atoms with van der Waals surface area (Å²) in [5.41, 5.74) is 0. The first-order valence-electron chi connectivity index (χ1n) is 7.35. The second kappa shape index (κ2) is 8.48. The third-order valence-electron chi connectivity index (χ3n) is 3.82. The van der Waals surface area contributed by atoms with Crippen molar-refractivity contribution in [2.75, 3.05) is 19.6 Å². The topological polar surface area (TPSA) is 52.6 Å². The van der Waals surface area contributed by atoms with E-state index >= 15 is 0 Å². The lowest BCUT2D eigenvalue weighted by Gasteiger charge is -2.33. The van der Waals surface area contributed by atoms with Crippen molar-refractivity contribution >= 4 is 5.97 Å². The van der Waals surface area contributed by atoms with Crippen LogP contribution in [0.3, 0.4) is 0 Å². The molecule has 0 spiro atoms.